The number of aromatic nitrogens is 1. The SMILES string of the molecule is CN(N=Cc1ccc(Cl)cc1)c1nc(-c2ccc(Sc3ccccc3)cc2)cs1. The van der Waals surface area contributed by atoms with Crippen molar-refractivity contribution in [3.63, 3.8) is 0 Å². The monoisotopic (exact) mass is 435 g/mol. The van der Waals surface area contributed by atoms with E-state index in [1.54, 1.807) is 34.3 Å². The van der Waals surface area contributed by atoms with Gasteiger partial charge in [0.2, 0.25) is 5.13 Å². The Morgan fingerprint density at radius 3 is 2.34 bits per heavy atom. The van der Waals surface area contributed by atoms with Gasteiger partial charge in [0.15, 0.2) is 0 Å². The molecule has 0 spiro atoms. The second-order valence-electron chi connectivity index (χ2n) is 6.27. The number of nitrogens with zero attached hydrogens (tertiary/aromatic N) is 3. The summed E-state index contributed by atoms with van der Waals surface area (Å²) >= 11 is 9.24. The number of hydrogen-bond acceptors (Lipinski definition) is 5. The number of thiazole rings is 1. The minimum absolute atomic E-state index is 0.716. The lowest BCUT2D eigenvalue weighted by Crippen LogP contribution is -2.08. The van der Waals surface area contributed by atoms with Crippen molar-refractivity contribution >= 4 is 46.0 Å². The fraction of sp³-hybridized carbons (Fsp3) is 0.0435. The summed E-state index contributed by atoms with van der Waals surface area (Å²) < 4.78 is 0. The molecule has 6 heteroatoms. The Balaban J connectivity index is 1.43. The van der Waals surface area contributed by atoms with Crippen LogP contribution in [-0.2, 0) is 0 Å². The van der Waals surface area contributed by atoms with Gasteiger partial charge in [-0.1, -0.05) is 65.8 Å². The van der Waals surface area contributed by atoms with Crippen molar-refractivity contribution in [1.82, 2.24) is 4.98 Å². The molecule has 0 N–H and O–H groups in total. The summed E-state index contributed by atoms with van der Waals surface area (Å²) in [6.07, 6.45) is 1.80. The maximum absolute atomic E-state index is 5.92. The highest BCUT2D eigenvalue weighted by atomic mass is 35.5. The molecule has 1 heterocycles. The Morgan fingerprint density at radius 1 is 0.931 bits per heavy atom. The lowest BCUT2D eigenvalue weighted by molar-refractivity contribution is 1.01. The highest BCUT2D eigenvalue weighted by Crippen LogP contribution is 2.31. The van der Waals surface area contributed by atoms with E-state index in [0.717, 1.165) is 22.0 Å². The van der Waals surface area contributed by atoms with E-state index in [9.17, 15) is 0 Å². The van der Waals surface area contributed by atoms with Gasteiger partial charge < -0.3 is 0 Å². The van der Waals surface area contributed by atoms with E-state index in [-0.39, 0.29) is 0 Å². The first kappa shape index (κ1) is 19.7. The van der Waals surface area contributed by atoms with E-state index in [2.05, 4.69) is 59.0 Å². The summed E-state index contributed by atoms with van der Waals surface area (Å²) in [4.78, 5) is 7.16. The Hall–Kier alpha value is -2.60. The summed E-state index contributed by atoms with van der Waals surface area (Å²) in [7, 11) is 1.90. The predicted molar refractivity (Wildman–Crippen MR) is 126 cm³/mol. The Labute approximate surface area is 183 Å². The summed E-state index contributed by atoms with van der Waals surface area (Å²) in [6.45, 7) is 0. The number of hydrogen-bond donors (Lipinski definition) is 0. The topological polar surface area (TPSA) is 28.5 Å². The van der Waals surface area contributed by atoms with Crippen LogP contribution in [0.25, 0.3) is 11.3 Å². The maximum Gasteiger partial charge on any atom is 0.206 e. The average Bonchev–Trinajstić information content (AvgIpc) is 3.25. The van der Waals surface area contributed by atoms with Crippen LogP contribution in [-0.4, -0.2) is 18.2 Å². The molecule has 3 aromatic carbocycles. The Morgan fingerprint density at radius 2 is 1.62 bits per heavy atom. The smallest absolute Gasteiger partial charge is 0.206 e. The van der Waals surface area contributed by atoms with Gasteiger partial charge in [0.25, 0.3) is 0 Å². The first-order valence-corrected chi connectivity index (χ1v) is 11.1. The zero-order chi connectivity index (χ0) is 20.1. The number of hydrazone groups is 1. The average molecular weight is 436 g/mol. The van der Waals surface area contributed by atoms with Crippen LogP contribution in [0.1, 0.15) is 5.56 Å². The molecule has 29 heavy (non-hydrogen) atoms. The highest BCUT2D eigenvalue weighted by Gasteiger charge is 2.08. The van der Waals surface area contributed by atoms with Gasteiger partial charge in [0.1, 0.15) is 0 Å². The molecular formula is C23H18ClN3S2. The van der Waals surface area contributed by atoms with Crippen LogP contribution in [0.2, 0.25) is 5.02 Å². The van der Waals surface area contributed by atoms with Gasteiger partial charge in [0, 0.05) is 32.8 Å². The third-order valence-electron chi connectivity index (χ3n) is 4.15. The van der Waals surface area contributed by atoms with Crippen molar-refractivity contribution in [1.29, 1.82) is 0 Å². The maximum atomic E-state index is 5.92. The van der Waals surface area contributed by atoms with Crippen LogP contribution in [0.4, 0.5) is 5.13 Å². The number of anilines is 1. The molecule has 4 rings (SSSR count). The zero-order valence-electron chi connectivity index (χ0n) is 15.7. The molecule has 0 fully saturated rings. The van der Waals surface area contributed by atoms with Crippen molar-refractivity contribution in [2.45, 2.75) is 9.79 Å². The molecule has 0 aliphatic rings. The lowest BCUT2D eigenvalue weighted by Gasteiger charge is -2.08. The molecule has 0 radical (unpaired) electrons. The molecule has 0 aliphatic carbocycles. The number of halogens is 1. The van der Waals surface area contributed by atoms with Gasteiger partial charge >= 0.3 is 0 Å². The van der Waals surface area contributed by atoms with E-state index < -0.39 is 0 Å². The third kappa shape index (κ3) is 5.26. The quantitative estimate of drug-likeness (QED) is 0.239. The van der Waals surface area contributed by atoms with Gasteiger partial charge in [-0.05, 0) is 42.0 Å². The van der Waals surface area contributed by atoms with Crippen molar-refractivity contribution in [3.05, 3.63) is 94.8 Å². The van der Waals surface area contributed by atoms with Crippen molar-refractivity contribution in [2.24, 2.45) is 5.10 Å². The van der Waals surface area contributed by atoms with Crippen LogP contribution in [0.3, 0.4) is 0 Å². The molecule has 0 unspecified atom stereocenters. The van der Waals surface area contributed by atoms with Crippen LogP contribution < -0.4 is 5.01 Å². The van der Waals surface area contributed by atoms with Crippen LogP contribution in [0.5, 0.6) is 0 Å². The molecule has 3 nitrogen and oxygen atoms in total. The molecule has 0 bridgehead atoms. The van der Waals surface area contributed by atoms with Crippen LogP contribution in [0, 0.1) is 0 Å². The Bertz CT molecular complexity index is 1090. The summed E-state index contributed by atoms with van der Waals surface area (Å²) in [5.41, 5.74) is 3.04. The molecule has 0 amide bonds. The minimum atomic E-state index is 0.716. The molecule has 0 atom stereocenters. The molecule has 0 aliphatic heterocycles. The van der Waals surface area contributed by atoms with Gasteiger partial charge in [0.05, 0.1) is 11.9 Å². The predicted octanol–water partition coefficient (Wildman–Crippen LogP) is 7.09. The second kappa shape index (κ2) is 9.27. The van der Waals surface area contributed by atoms with E-state index in [1.165, 1.54) is 9.79 Å². The molecule has 0 saturated carbocycles. The summed E-state index contributed by atoms with van der Waals surface area (Å²) in [6, 6.07) is 26.4. The fourth-order valence-electron chi connectivity index (χ4n) is 2.62. The van der Waals surface area contributed by atoms with E-state index in [0.29, 0.717) is 5.02 Å². The van der Waals surface area contributed by atoms with E-state index >= 15 is 0 Å². The van der Waals surface area contributed by atoms with Gasteiger partial charge in [-0.15, -0.1) is 11.3 Å². The first-order valence-electron chi connectivity index (χ1n) is 8.99. The largest absolute Gasteiger partial charge is 0.242 e. The van der Waals surface area contributed by atoms with E-state index in [1.807, 2.05) is 37.4 Å². The fourth-order valence-corrected chi connectivity index (χ4v) is 4.34. The van der Waals surface area contributed by atoms with Crippen molar-refractivity contribution in [3.8, 4) is 11.3 Å². The lowest BCUT2D eigenvalue weighted by atomic mass is 10.2. The van der Waals surface area contributed by atoms with Crippen molar-refractivity contribution in [2.75, 3.05) is 12.1 Å². The normalized spacial score (nSPS) is 11.1. The van der Waals surface area contributed by atoms with Crippen LogP contribution >= 0.6 is 34.7 Å². The van der Waals surface area contributed by atoms with E-state index in [4.69, 9.17) is 16.6 Å². The Kier molecular flexibility index (Phi) is 6.30. The summed E-state index contributed by atoms with van der Waals surface area (Å²) in [5, 5.41) is 9.87. The number of benzene rings is 3. The minimum Gasteiger partial charge on any atom is -0.242 e. The third-order valence-corrected chi connectivity index (χ3v) is 6.32. The second-order valence-corrected chi connectivity index (χ2v) is 8.69. The molecule has 0 saturated heterocycles. The molecule has 1 aromatic heterocycles. The van der Waals surface area contributed by atoms with Crippen molar-refractivity contribution < 1.29 is 0 Å². The highest BCUT2D eigenvalue weighted by molar-refractivity contribution is 7.99. The molecule has 144 valence electrons. The van der Waals surface area contributed by atoms with Gasteiger partial charge in [-0.25, -0.2) is 9.99 Å². The van der Waals surface area contributed by atoms with Gasteiger partial charge in [-0.3, -0.25) is 0 Å². The standard InChI is InChI=1S/C23H18ClN3S2/c1-27(25-15-17-7-11-19(24)12-8-17)23-26-22(16-28-23)18-9-13-21(14-10-18)29-20-5-3-2-4-6-20/h2-16H,1H3. The van der Waals surface area contributed by atoms with Gasteiger partial charge in [-0.2, -0.15) is 5.10 Å². The molecule has 4 aromatic rings. The number of rotatable bonds is 6. The van der Waals surface area contributed by atoms with Crippen LogP contribution in [0.15, 0.2) is 99.1 Å². The zero-order valence-corrected chi connectivity index (χ0v) is 18.1. The summed E-state index contributed by atoms with van der Waals surface area (Å²) in [5.74, 6) is 0. The first-order chi connectivity index (χ1) is 14.2. The molecular weight excluding hydrogens is 418 g/mol.